The first kappa shape index (κ1) is 21.4. The number of hydrogen-bond donors (Lipinski definition) is 1. The lowest BCUT2D eigenvalue weighted by Gasteiger charge is -2.30. The Morgan fingerprint density at radius 1 is 1.10 bits per heavy atom. The molecule has 4 rings (SSSR count). The van der Waals surface area contributed by atoms with Crippen LogP contribution < -0.4 is 5.73 Å². The van der Waals surface area contributed by atoms with Gasteiger partial charge in [-0.05, 0) is 30.5 Å². The molecule has 29 heavy (non-hydrogen) atoms. The van der Waals surface area contributed by atoms with Crippen LogP contribution in [0.15, 0.2) is 64.0 Å². The van der Waals surface area contributed by atoms with Gasteiger partial charge in [0, 0.05) is 25.2 Å². The molecular weight excluding hydrogens is 412 g/mol. The van der Waals surface area contributed by atoms with Gasteiger partial charge < -0.3 is 10.3 Å². The molecule has 0 bridgehead atoms. The number of rotatable bonds is 5. The Morgan fingerprint density at radius 3 is 2.52 bits per heavy atom. The SMILES string of the molecule is Cl.NCc1ccc(-c2noc(C3CCCN(S(=O)(=O)c4ccccc4)C3)n2)cc1. The van der Waals surface area contributed by atoms with Crippen molar-refractivity contribution in [2.75, 3.05) is 13.1 Å². The molecule has 9 heteroatoms. The van der Waals surface area contributed by atoms with Crippen molar-refractivity contribution in [2.45, 2.75) is 30.2 Å². The van der Waals surface area contributed by atoms with Crippen molar-refractivity contribution in [3.05, 3.63) is 66.1 Å². The van der Waals surface area contributed by atoms with E-state index in [1.54, 1.807) is 30.3 Å². The fraction of sp³-hybridized carbons (Fsp3) is 0.300. The molecule has 7 nitrogen and oxygen atoms in total. The van der Waals surface area contributed by atoms with E-state index in [9.17, 15) is 8.42 Å². The van der Waals surface area contributed by atoms with Crippen LogP contribution in [0, 0.1) is 0 Å². The summed E-state index contributed by atoms with van der Waals surface area (Å²) in [7, 11) is -3.52. The van der Waals surface area contributed by atoms with Gasteiger partial charge in [0.15, 0.2) is 0 Å². The van der Waals surface area contributed by atoms with Crippen molar-refractivity contribution in [1.82, 2.24) is 14.4 Å². The molecule has 0 aliphatic carbocycles. The number of halogens is 1. The number of nitrogens with two attached hydrogens (primary N) is 1. The van der Waals surface area contributed by atoms with Crippen LogP contribution in [0.5, 0.6) is 0 Å². The number of benzene rings is 2. The van der Waals surface area contributed by atoms with Crippen LogP contribution in [-0.4, -0.2) is 36.0 Å². The molecule has 1 aromatic heterocycles. The number of nitrogens with zero attached hydrogens (tertiary/aromatic N) is 3. The fourth-order valence-electron chi connectivity index (χ4n) is 3.41. The monoisotopic (exact) mass is 434 g/mol. The predicted octanol–water partition coefficient (Wildman–Crippen LogP) is 3.19. The molecule has 0 amide bonds. The minimum Gasteiger partial charge on any atom is -0.339 e. The topological polar surface area (TPSA) is 102 Å². The summed E-state index contributed by atoms with van der Waals surface area (Å²) < 4.78 is 32.8. The average Bonchev–Trinajstić information content (AvgIpc) is 3.25. The summed E-state index contributed by atoms with van der Waals surface area (Å²) >= 11 is 0. The van der Waals surface area contributed by atoms with E-state index < -0.39 is 10.0 Å². The van der Waals surface area contributed by atoms with E-state index in [-0.39, 0.29) is 18.3 Å². The predicted molar refractivity (Wildman–Crippen MR) is 112 cm³/mol. The molecule has 0 saturated carbocycles. The molecule has 2 aromatic carbocycles. The zero-order valence-electron chi connectivity index (χ0n) is 15.8. The van der Waals surface area contributed by atoms with Crippen molar-refractivity contribution in [2.24, 2.45) is 5.73 Å². The third kappa shape index (κ3) is 4.51. The van der Waals surface area contributed by atoms with Gasteiger partial charge in [-0.3, -0.25) is 0 Å². The average molecular weight is 435 g/mol. The standard InChI is InChI=1S/C20H22N4O3S.ClH/c21-13-15-8-10-16(11-9-15)19-22-20(27-23-19)17-5-4-12-24(14-17)28(25,26)18-6-2-1-3-7-18;/h1-3,6-11,17H,4-5,12-14,21H2;1H. The van der Waals surface area contributed by atoms with Gasteiger partial charge in [0.2, 0.25) is 21.7 Å². The van der Waals surface area contributed by atoms with Crippen LogP contribution in [0.1, 0.15) is 30.2 Å². The Bertz CT molecular complexity index is 1040. The maximum atomic E-state index is 12.9. The highest BCUT2D eigenvalue weighted by Crippen LogP contribution is 2.30. The molecular formula is C20H23ClN4O3S. The lowest BCUT2D eigenvalue weighted by Crippen LogP contribution is -2.39. The molecule has 2 heterocycles. The van der Waals surface area contributed by atoms with Crippen LogP contribution >= 0.6 is 12.4 Å². The second kappa shape index (κ2) is 9.04. The summed E-state index contributed by atoms with van der Waals surface area (Å²) in [5.74, 6) is 0.865. The highest BCUT2D eigenvalue weighted by Gasteiger charge is 2.33. The maximum Gasteiger partial charge on any atom is 0.243 e. The lowest BCUT2D eigenvalue weighted by atomic mass is 10.00. The Hall–Kier alpha value is -2.26. The summed E-state index contributed by atoms with van der Waals surface area (Å²) in [5, 5.41) is 4.08. The second-order valence-corrected chi connectivity index (χ2v) is 8.81. The molecule has 2 N–H and O–H groups in total. The molecule has 0 radical (unpaired) electrons. The Kier molecular flexibility index (Phi) is 6.69. The van der Waals surface area contributed by atoms with Gasteiger partial charge >= 0.3 is 0 Å². The first-order valence-corrected chi connectivity index (χ1v) is 10.7. The molecule has 1 aliphatic heterocycles. The molecule has 1 unspecified atom stereocenters. The molecule has 1 fully saturated rings. The molecule has 1 atom stereocenters. The Morgan fingerprint density at radius 2 is 1.83 bits per heavy atom. The Labute approximate surface area is 176 Å². The third-order valence-electron chi connectivity index (χ3n) is 5.00. The Balaban J connectivity index is 0.00000240. The number of hydrogen-bond acceptors (Lipinski definition) is 6. The van der Waals surface area contributed by atoms with Crippen LogP contribution in [0.2, 0.25) is 0 Å². The highest BCUT2D eigenvalue weighted by atomic mass is 35.5. The van der Waals surface area contributed by atoms with Gasteiger partial charge in [-0.2, -0.15) is 9.29 Å². The quantitative estimate of drug-likeness (QED) is 0.661. The smallest absolute Gasteiger partial charge is 0.243 e. The summed E-state index contributed by atoms with van der Waals surface area (Å²) in [6.45, 7) is 1.31. The number of sulfonamides is 1. The first-order valence-electron chi connectivity index (χ1n) is 9.26. The van der Waals surface area contributed by atoms with E-state index in [1.807, 2.05) is 24.3 Å². The third-order valence-corrected chi connectivity index (χ3v) is 6.88. The minimum atomic E-state index is -3.52. The fourth-order valence-corrected chi connectivity index (χ4v) is 4.96. The van der Waals surface area contributed by atoms with Crippen molar-refractivity contribution in [1.29, 1.82) is 0 Å². The zero-order valence-corrected chi connectivity index (χ0v) is 17.4. The van der Waals surface area contributed by atoms with E-state index >= 15 is 0 Å². The zero-order chi connectivity index (χ0) is 19.6. The van der Waals surface area contributed by atoms with Gasteiger partial charge in [0.1, 0.15) is 0 Å². The highest BCUT2D eigenvalue weighted by molar-refractivity contribution is 7.89. The van der Waals surface area contributed by atoms with Gasteiger partial charge in [0.25, 0.3) is 0 Å². The summed E-state index contributed by atoms with van der Waals surface area (Å²) in [6.07, 6.45) is 1.56. The van der Waals surface area contributed by atoms with E-state index in [0.29, 0.717) is 36.2 Å². The molecule has 154 valence electrons. The van der Waals surface area contributed by atoms with E-state index in [1.165, 1.54) is 4.31 Å². The van der Waals surface area contributed by atoms with Crippen LogP contribution in [0.3, 0.4) is 0 Å². The molecule has 0 spiro atoms. The normalized spacial score (nSPS) is 17.6. The van der Waals surface area contributed by atoms with Crippen LogP contribution in [0.4, 0.5) is 0 Å². The number of aromatic nitrogens is 2. The van der Waals surface area contributed by atoms with Crippen molar-refractivity contribution in [3.8, 4) is 11.4 Å². The van der Waals surface area contributed by atoms with Gasteiger partial charge in [-0.25, -0.2) is 8.42 Å². The number of piperidine rings is 1. The largest absolute Gasteiger partial charge is 0.339 e. The molecule has 3 aromatic rings. The van der Waals surface area contributed by atoms with E-state index in [2.05, 4.69) is 10.1 Å². The lowest BCUT2D eigenvalue weighted by molar-refractivity contribution is 0.265. The van der Waals surface area contributed by atoms with Gasteiger partial charge in [0.05, 0.1) is 10.8 Å². The van der Waals surface area contributed by atoms with Crippen LogP contribution in [0.25, 0.3) is 11.4 Å². The van der Waals surface area contributed by atoms with Crippen molar-refractivity contribution >= 4 is 22.4 Å². The van der Waals surface area contributed by atoms with E-state index in [4.69, 9.17) is 10.3 Å². The minimum absolute atomic E-state index is 0. The second-order valence-electron chi connectivity index (χ2n) is 6.87. The summed E-state index contributed by atoms with van der Waals surface area (Å²) in [5.41, 5.74) is 7.50. The molecule has 1 aliphatic rings. The summed E-state index contributed by atoms with van der Waals surface area (Å²) in [6, 6.07) is 16.2. The first-order chi connectivity index (χ1) is 13.6. The van der Waals surface area contributed by atoms with E-state index in [0.717, 1.165) is 24.0 Å². The van der Waals surface area contributed by atoms with Crippen molar-refractivity contribution < 1.29 is 12.9 Å². The van der Waals surface area contributed by atoms with Gasteiger partial charge in [-0.1, -0.05) is 47.6 Å². The molecule has 1 saturated heterocycles. The van der Waals surface area contributed by atoms with Gasteiger partial charge in [-0.15, -0.1) is 12.4 Å². The van der Waals surface area contributed by atoms with Crippen molar-refractivity contribution in [3.63, 3.8) is 0 Å². The van der Waals surface area contributed by atoms with Crippen LogP contribution in [-0.2, 0) is 16.6 Å². The summed E-state index contributed by atoms with van der Waals surface area (Å²) in [4.78, 5) is 4.83. The maximum absolute atomic E-state index is 12.9.